The van der Waals surface area contributed by atoms with Crippen molar-refractivity contribution in [3.63, 3.8) is 0 Å². The lowest BCUT2D eigenvalue weighted by Gasteiger charge is -2.32. The van der Waals surface area contributed by atoms with Crippen molar-refractivity contribution < 1.29 is 4.79 Å². The second-order valence-corrected chi connectivity index (χ2v) is 6.17. The van der Waals surface area contributed by atoms with E-state index in [0.717, 1.165) is 31.7 Å². The summed E-state index contributed by atoms with van der Waals surface area (Å²) in [7, 11) is 0. The predicted octanol–water partition coefficient (Wildman–Crippen LogP) is 2.30. The maximum absolute atomic E-state index is 12.2. The fraction of sp³-hybridized carbons (Fsp3) is 0.588. The summed E-state index contributed by atoms with van der Waals surface area (Å²) in [5.41, 5.74) is 8.97. The minimum absolute atomic E-state index is 0.0756. The van der Waals surface area contributed by atoms with E-state index in [0.29, 0.717) is 12.5 Å². The maximum Gasteiger partial charge on any atom is 0.238 e. The van der Waals surface area contributed by atoms with Gasteiger partial charge in [-0.15, -0.1) is 0 Å². The van der Waals surface area contributed by atoms with Gasteiger partial charge in [0, 0.05) is 12.2 Å². The Morgan fingerprint density at radius 3 is 2.90 bits per heavy atom. The highest BCUT2D eigenvalue weighted by molar-refractivity contribution is 5.92. The van der Waals surface area contributed by atoms with Gasteiger partial charge in [-0.3, -0.25) is 9.69 Å². The summed E-state index contributed by atoms with van der Waals surface area (Å²) in [6, 6.07) is 6.04. The molecule has 0 saturated carbocycles. The van der Waals surface area contributed by atoms with Crippen LogP contribution in [0, 0.1) is 19.8 Å². The number of aryl methyl sites for hydroxylation is 2. The Kier molecular flexibility index (Phi) is 5.76. The SMILES string of the molecule is Cc1ccc(NC(=O)CN2CCCC(CCN)C2)cc1C. The number of hydrogen-bond donors (Lipinski definition) is 2. The summed E-state index contributed by atoms with van der Waals surface area (Å²) >= 11 is 0. The number of rotatable bonds is 5. The van der Waals surface area contributed by atoms with Crippen molar-refractivity contribution in [3.05, 3.63) is 29.3 Å². The van der Waals surface area contributed by atoms with Gasteiger partial charge in [-0.2, -0.15) is 0 Å². The molecular formula is C17H27N3O. The average molecular weight is 289 g/mol. The van der Waals surface area contributed by atoms with E-state index in [1.54, 1.807) is 0 Å². The summed E-state index contributed by atoms with van der Waals surface area (Å²) in [4.78, 5) is 14.4. The quantitative estimate of drug-likeness (QED) is 0.874. The number of nitrogens with zero attached hydrogens (tertiary/aromatic N) is 1. The molecule has 0 aromatic heterocycles. The first kappa shape index (κ1) is 16.0. The van der Waals surface area contributed by atoms with Crippen LogP contribution in [0.4, 0.5) is 5.69 Å². The number of nitrogens with two attached hydrogens (primary N) is 1. The van der Waals surface area contributed by atoms with Gasteiger partial charge in [-0.05, 0) is 75.4 Å². The number of piperidine rings is 1. The van der Waals surface area contributed by atoms with Crippen molar-refractivity contribution in [2.75, 3.05) is 31.5 Å². The van der Waals surface area contributed by atoms with Gasteiger partial charge in [-0.1, -0.05) is 6.07 Å². The molecule has 0 spiro atoms. The predicted molar refractivity (Wildman–Crippen MR) is 87.4 cm³/mol. The fourth-order valence-corrected chi connectivity index (χ4v) is 2.99. The van der Waals surface area contributed by atoms with Crippen molar-refractivity contribution >= 4 is 11.6 Å². The molecule has 1 aliphatic rings. The van der Waals surface area contributed by atoms with E-state index in [4.69, 9.17) is 5.73 Å². The van der Waals surface area contributed by atoms with E-state index in [-0.39, 0.29) is 5.91 Å². The van der Waals surface area contributed by atoms with Gasteiger partial charge in [0.05, 0.1) is 6.54 Å². The number of benzene rings is 1. The molecule has 1 atom stereocenters. The summed E-state index contributed by atoms with van der Waals surface area (Å²) in [6.45, 7) is 7.37. The normalized spacial score (nSPS) is 19.5. The molecule has 4 nitrogen and oxygen atoms in total. The molecule has 4 heteroatoms. The average Bonchev–Trinajstić information content (AvgIpc) is 2.43. The molecule has 1 aliphatic heterocycles. The highest BCUT2D eigenvalue weighted by Gasteiger charge is 2.21. The van der Waals surface area contributed by atoms with E-state index < -0.39 is 0 Å². The van der Waals surface area contributed by atoms with Crippen LogP contribution >= 0.6 is 0 Å². The van der Waals surface area contributed by atoms with E-state index >= 15 is 0 Å². The summed E-state index contributed by atoms with van der Waals surface area (Å²) < 4.78 is 0. The van der Waals surface area contributed by atoms with Crippen LogP contribution in [-0.4, -0.2) is 37.0 Å². The Bertz CT molecular complexity index is 485. The first-order chi connectivity index (χ1) is 10.1. The minimum Gasteiger partial charge on any atom is -0.330 e. The Morgan fingerprint density at radius 1 is 1.38 bits per heavy atom. The monoisotopic (exact) mass is 289 g/mol. The third-order valence-electron chi connectivity index (χ3n) is 4.34. The van der Waals surface area contributed by atoms with Crippen LogP contribution in [0.3, 0.4) is 0 Å². The molecule has 3 N–H and O–H groups in total. The first-order valence-electron chi connectivity index (χ1n) is 7.88. The third-order valence-corrected chi connectivity index (χ3v) is 4.34. The number of carbonyl (C=O) groups excluding carboxylic acids is 1. The van der Waals surface area contributed by atoms with Crippen LogP contribution < -0.4 is 11.1 Å². The smallest absolute Gasteiger partial charge is 0.238 e. The van der Waals surface area contributed by atoms with E-state index in [1.165, 1.54) is 24.0 Å². The number of carbonyl (C=O) groups is 1. The summed E-state index contributed by atoms with van der Waals surface area (Å²) in [6.07, 6.45) is 3.48. The van der Waals surface area contributed by atoms with Crippen LogP contribution in [0.2, 0.25) is 0 Å². The highest BCUT2D eigenvalue weighted by Crippen LogP contribution is 2.19. The van der Waals surface area contributed by atoms with E-state index in [2.05, 4.69) is 24.1 Å². The molecule has 0 aliphatic carbocycles. The Labute approximate surface area is 127 Å². The molecule has 1 unspecified atom stereocenters. The molecule has 1 aromatic rings. The largest absolute Gasteiger partial charge is 0.330 e. The van der Waals surface area contributed by atoms with Gasteiger partial charge < -0.3 is 11.1 Å². The van der Waals surface area contributed by atoms with Gasteiger partial charge in [-0.25, -0.2) is 0 Å². The molecule has 0 radical (unpaired) electrons. The lowest BCUT2D eigenvalue weighted by atomic mass is 9.95. The molecule has 1 fully saturated rings. The molecule has 1 amide bonds. The molecule has 116 valence electrons. The van der Waals surface area contributed by atoms with Crippen molar-refractivity contribution in [2.45, 2.75) is 33.1 Å². The number of amides is 1. The van der Waals surface area contributed by atoms with Gasteiger partial charge in [0.15, 0.2) is 0 Å². The molecule has 21 heavy (non-hydrogen) atoms. The standard InChI is InChI=1S/C17H27N3O/c1-13-5-6-16(10-14(13)2)19-17(21)12-20-9-3-4-15(11-20)7-8-18/h5-6,10,15H,3-4,7-9,11-12,18H2,1-2H3,(H,19,21). The van der Waals surface area contributed by atoms with Crippen molar-refractivity contribution in [1.82, 2.24) is 4.90 Å². The van der Waals surface area contributed by atoms with Crippen LogP contribution in [0.25, 0.3) is 0 Å². The molecular weight excluding hydrogens is 262 g/mol. The maximum atomic E-state index is 12.2. The van der Waals surface area contributed by atoms with Crippen LogP contribution in [0.15, 0.2) is 18.2 Å². The van der Waals surface area contributed by atoms with E-state index in [1.807, 2.05) is 18.2 Å². The Balaban J connectivity index is 1.84. The zero-order valence-corrected chi connectivity index (χ0v) is 13.2. The van der Waals surface area contributed by atoms with Gasteiger partial charge in [0.1, 0.15) is 0 Å². The van der Waals surface area contributed by atoms with Gasteiger partial charge in [0.2, 0.25) is 5.91 Å². The topological polar surface area (TPSA) is 58.4 Å². The van der Waals surface area contributed by atoms with Crippen molar-refractivity contribution in [3.8, 4) is 0 Å². The van der Waals surface area contributed by atoms with E-state index in [9.17, 15) is 4.79 Å². The van der Waals surface area contributed by atoms with Crippen LogP contribution in [0.5, 0.6) is 0 Å². The van der Waals surface area contributed by atoms with Crippen molar-refractivity contribution in [1.29, 1.82) is 0 Å². The molecule has 1 aromatic carbocycles. The van der Waals surface area contributed by atoms with Crippen LogP contribution in [0.1, 0.15) is 30.4 Å². The number of anilines is 1. The zero-order chi connectivity index (χ0) is 15.2. The minimum atomic E-state index is 0.0756. The number of nitrogens with one attached hydrogen (secondary N) is 1. The third kappa shape index (κ3) is 4.83. The summed E-state index contributed by atoms with van der Waals surface area (Å²) in [5, 5.41) is 3.00. The zero-order valence-electron chi connectivity index (χ0n) is 13.2. The van der Waals surface area contributed by atoms with Gasteiger partial charge >= 0.3 is 0 Å². The number of hydrogen-bond acceptors (Lipinski definition) is 3. The second kappa shape index (κ2) is 7.57. The number of likely N-dealkylation sites (tertiary alicyclic amines) is 1. The lowest BCUT2D eigenvalue weighted by molar-refractivity contribution is -0.117. The van der Waals surface area contributed by atoms with Gasteiger partial charge in [0.25, 0.3) is 0 Å². The Hall–Kier alpha value is -1.39. The first-order valence-corrected chi connectivity index (χ1v) is 7.88. The molecule has 1 heterocycles. The summed E-state index contributed by atoms with van der Waals surface area (Å²) in [5.74, 6) is 0.727. The fourth-order valence-electron chi connectivity index (χ4n) is 2.99. The molecule has 2 rings (SSSR count). The highest BCUT2D eigenvalue weighted by atomic mass is 16.2. The molecule has 1 saturated heterocycles. The van der Waals surface area contributed by atoms with Crippen LogP contribution in [-0.2, 0) is 4.79 Å². The molecule has 0 bridgehead atoms. The lowest BCUT2D eigenvalue weighted by Crippen LogP contribution is -2.40. The Morgan fingerprint density at radius 2 is 2.19 bits per heavy atom. The second-order valence-electron chi connectivity index (χ2n) is 6.17. The van der Waals surface area contributed by atoms with Crippen molar-refractivity contribution in [2.24, 2.45) is 11.7 Å².